The van der Waals surface area contributed by atoms with Crippen molar-refractivity contribution in [2.75, 3.05) is 5.75 Å². The number of amides is 1. The first-order valence-electron chi connectivity index (χ1n) is 7.07. The molecule has 1 saturated heterocycles. The monoisotopic (exact) mass is 374 g/mol. The molecule has 124 valence electrons. The van der Waals surface area contributed by atoms with Crippen LogP contribution in [0.5, 0.6) is 0 Å². The van der Waals surface area contributed by atoms with Gasteiger partial charge in [0.2, 0.25) is 5.91 Å². The summed E-state index contributed by atoms with van der Waals surface area (Å²) in [4.78, 5) is 34.7. The van der Waals surface area contributed by atoms with Crippen molar-refractivity contribution in [3.8, 4) is 0 Å². The second-order valence-electron chi connectivity index (χ2n) is 5.19. The number of halogens is 2. The summed E-state index contributed by atoms with van der Waals surface area (Å²) in [5.74, 6) is -0.0888. The zero-order chi connectivity index (χ0) is 16.8. The molecule has 2 N–H and O–H groups in total. The molecule has 8 heteroatoms. The van der Waals surface area contributed by atoms with Crippen molar-refractivity contribution in [3.05, 3.63) is 33.8 Å². The predicted molar refractivity (Wildman–Crippen MR) is 91.5 cm³/mol. The lowest BCUT2D eigenvalue weighted by Gasteiger charge is -2.12. The second kappa shape index (κ2) is 8.68. The van der Waals surface area contributed by atoms with E-state index in [0.29, 0.717) is 15.8 Å². The summed E-state index contributed by atoms with van der Waals surface area (Å²) in [6.45, 7) is 0.275. The van der Waals surface area contributed by atoms with Crippen LogP contribution in [0.4, 0.5) is 0 Å². The minimum atomic E-state index is -0.490. The molecule has 2 rings (SSSR count). The van der Waals surface area contributed by atoms with Crippen LogP contribution in [0.1, 0.15) is 18.4 Å². The largest absolute Gasteiger partial charge is 0.352 e. The molecule has 0 aromatic heterocycles. The van der Waals surface area contributed by atoms with Crippen molar-refractivity contribution in [2.45, 2.75) is 25.4 Å². The van der Waals surface area contributed by atoms with Crippen molar-refractivity contribution in [2.24, 2.45) is 5.92 Å². The summed E-state index contributed by atoms with van der Waals surface area (Å²) in [6, 6.07) is 4.55. The molecule has 1 aliphatic rings. The molecule has 0 aliphatic carbocycles. The highest BCUT2D eigenvalue weighted by molar-refractivity contribution is 7.97. The third kappa shape index (κ3) is 5.21. The van der Waals surface area contributed by atoms with Crippen LogP contribution in [0.2, 0.25) is 10.0 Å². The maximum Gasteiger partial charge on any atom is 0.220 e. The van der Waals surface area contributed by atoms with Crippen molar-refractivity contribution >= 4 is 53.1 Å². The van der Waals surface area contributed by atoms with Crippen LogP contribution in [0, 0.1) is 5.92 Å². The molecule has 0 saturated carbocycles. The quantitative estimate of drug-likeness (QED) is 0.566. The van der Waals surface area contributed by atoms with Gasteiger partial charge in [-0.3, -0.25) is 14.3 Å². The van der Waals surface area contributed by atoms with E-state index in [0.717, 1.165) is 11.8 Å². The Bertz CT molecular complexity index is 612. The van der Waals surface area contributed by atoms with Crippen LogP contribution in [-0.4, -0.2) is 29.8 Å². The molecule has 1 fully saturated rings. The van der Waals surface area contributed by atoms with Gasteiger partial charge in [-0.1, -0.05) is 41.2 Å². The van der Waals surface area contributed by atoms with E-state index in [-0.39, 0.29) is 37.0 Å². The molecule has 1 amide bonds. The van der Waals surface area contributed by atoms with E-state index in [9.17, 15) is 14.4 Å². The van der Waals surface area contributed by atoms with E-state index in [4.69, 9.17) is 23.2 Å². The zero-order valence-electron chi connectivity index (χ0n) is 12.2. The Kier molecular flexibility index (Phi) is 6.89. The molecule has 1 aliphatic heterocycles. The minimum Gasteiger partial charge on any atom is -0.352 e. The molecule has 1 unspecified atom stereocenters. The van der Waals surface area contributed by atoms with Crippen molar-refractivity contribution < 1.29 is 14.4 Å². The van der Waals surface area contributed by atoms with Gasteiger partial charge in [-0.15, -0.1) is 0 Å². The van der Waals surface area contributed by atoms with Crippen LogP contribution in [0.25, 0.3) is 0 Å². The number of hydrogen-bond donors (Lipinski definition) is 2. The van der Waals surface area contributed by atoms with E-state index < -0.39 is 6.04 Å². The first-order chi connectivity index (χ1) is 11.0. The summed E-state index contributed by atoms with van der Waals surface area (Å²) >= 11 is 13.2. The van der Waals surface area contributed by atoms with Gasteiger partial charge in [-0.2, -0.15) is 0 Å². The normalized spacial score (nSPS) is 20.3. The van der Waals surface area contributed by atoms with Gasteiger partial charge in [0.1, 0.15) is 6.29 Å². The van der Waals surface area contributed by atoms with Gasteiger partial charge in [-0.05, 0) is 17.7 Å². The highest BCUT2D eigenvalue weighted by atomic mass is 35.5. The Balaban J connectivity index is 1.76. The predicted octanol–water partition coefficient (Wildman–Crippen LogP) is 2.39. The number of carbonyl (C=O) groups is 3. The van der Waals surface area contributed by atoms with Gasteiger partial charge >= 0.3 is 0 Å². The van der Waals surface area contributed by atoms with E-state index in [2.05, 4.69) is 10.0 Å². The Hall–Kier alpha value is -1.08. The first kappa shape index (κ1) is 18.3. The lowest BCUT2D eigenvalue weighted by molar-refractivity contribution is -0.127. The minimum absolute atomic E-state index is 0.0818. The fraction of sp³-hybridized carbons (Fsp3) is 0.400. The van der Waals surface area contributed by atoms with Gasteiger partial charge < -0.3 is 10.1 Å². The van der Waals surface area contributed by atoms with Crippen LogP contribution in [0.15, 0.2) is 18.2 Å². The molecule has 2 atom stereocenters. The third-order valence-corrected chi connectivity index (χ3v) is 5.08. The Morgan fingerprint density at radius 3 is 2.83 bits per heavy atom. The fourth-order valence-electron chi connectivity index (χ4n) is 2.18. The zero-order valence-corrected chi connectivity index (χ0v) is 14.5. The highest BCUT2D eigenvalue weighted by Gasteiger charge is 2.32. The van der Waals surface area contributed by atoms with Gasteiger partial charge in [0, 0.05) is 41.1 Å². The number of ketones is 1. The molecular formula is C15H16Cl2N2O3S. The molecule has 5 nitrogen and oxygen atoms in total. The molecule has 23 heavy (non-hydrogen) atoms. The summed E-state index contributed by atoms with van der Waals surface area (Å²) < 4.78 is 2.93. The first-order valence-corrected chi connectivity index (χ1v) is 8.81. The average Bonchev–Trinajstić information content (AvgIpc) is 3.00. The van der Waals surface area contributed by atoms with E-state index >= 15 is 0 Å². The van der Waals surface area contributed by atoms with E-state index in [1.807, 2.05) is 0 Å². The number of carbonyl (C=O) groups excluding carboxylic acids is 3. The van der Waals surface area contributed by atoms with Gasteiger partial charge in [-0.25, -0.2) is 0 Å². The summed E-state index contributed by atoms with van der Waals surface area (Å²) in [7, 11) is 0. The lowest BCUT2D eigenvalue weighted by Crippen LogP contribution is -2.36. The molecular weight excluding hydrogens is 359 g/mol. The van der Waals surface area contributed by atoms with Crippen molar-refractivity contribution in [1.29, 1.82) is 0 Å². The Morgan fingerprint density at radius 2 is 2.13 bits per heavy atom. The maximum absolute atomic E-state index is 12.0. The van der Waals surface area contributed by atoms with E-state index in [1.165, 1.54) is 11.9 Å². The maximum atomic E-state index is 12.0. The molecule has 1 aromatic carbocycles. The second-order valence-corrected chi connectivity index (χ2v) is 6.89. The Morgan fingerprint density at radius 1 is 1.35 bits per heavy atom. The summed E-state index contributed by atoms with van der Waals surface area (Å²) in [5.41, 5.74) is 0.755. The van der Waals surface area contributed by atoms with Crippen molar-refractivity contribution in [3.63, 3.8) is 0 Å². The van der Waals surface area contributed by atoms with Crippen LogP contribution in [0.3, 0.4) is 0 Å². The standard InChI is InChI=1S/C15H16Cl2N2O3S/c16-11-2-1-9(12(17)5-11)6-18-14(22)4-3-13(21)15-10(7-20)8-23-19-15/h1-2,5,7,10,15,19H,3-4,6,8H2,(H,18,22)/t10-,15?/m1/s1. The third-order valence-electron chi connectivity index (χ3n) is 3.53. The molecule has 1 aromatic rings. The highest BCUT2D eigenvalue weighted by Crippen LogP contribution is 2.22. The topological polar surface area (TPSA) is 75.3 Å². The SMILES string of the molecule is O=C[C@@H]1CSNC1C(=O)CCC(=O)NCc1ccc(Cl)cc1Cl. The number of hydrogen-bond acceptors (Lipinski definition) is 5. The number of Topliss-reactive ketones (excluding diaryl/α,β-unsaturated/α-hetero) is 1. The fourth-order valence-corrected chi connectivity index (χ4v) is 3.70. The lowest BCUT2D eigenvalue weighted by atomic mass is 9.97. The number of rotatable bonds is 7. The van der Waals surface area contributed by atoms with Crippen LogP contribution in [-0.2, 0) is 20.9 Å². The molecule has 0 bridgehead atoms. The molecule has 0 radical (unpaired) electrons. The smallest absolute Gasteiger partial charge is 0.220 e. The Labute approximate surface area is 148 Å². The molecule has 0 spiro atoms. The van der Waals surface area contributed by atoms with Gasteiger partial charge in [0.05, 0.1) is 6.04 Å². The summed E-state index contributed by atoms with van der Waals surface area (Å²) in [6.07, 6.45) is 0.972. The average molecular weight is 375 g/mol. The summed E-state index contributed by atoms with van der Waals surface area (Å²) in [5, 5.41) is 3.73. The van der Waals surface area contributed by atoms with Gasteiger partial charge in [0.15, 0.2) is 5.78 Å². The number of nitrogens with one attached hydrogen (secondary N) is 2. The van der Waals surface area contributed by atoms with Crippen molar-refractivity contribution in [1.82, 2.24) is 10.0 Å². The number of benzene rings is 1. The molecule has 1 heterocycles. The van der Waals surface area contributed by atoms with Crippen LogP contribution < -0.4 is 10.0 Å². The van der Waals surface area contributed by atoms with E-state index in [1.54, 1.807) is 18.2 Å². The van der Waals surface area contributed by atoms with Crippen LogP contribution >= 0.6 is 35.1 Å². The number of aldehydes is 1. The van der Waals surface area contributed by atoms with Gasteiger partial charge in [0.25, 0.3) is 0 Å².